The van der Waals surface area contributed by atoms with Crippen molar-refractivity contribution in [3.8, 4) is 11.8 Å². The molecule has 0 N–H and O–H groups in total. The first-order valence-corrected chi connectivity index (χ1v) is 4.53. The van der Waals surface area contributed by atoms with Crippen LogP contribution in [0.2, 0.25) is 0 Å². The minimum Gasteiger partial charge on any atom is -0.364 e. The number of rotatable bonds is 6. The van der Waals surface area contributed by atoms with Crippen molar-refractivity contribution in [2.75, 3.05) is 26.4 Å². The first kappa shape index (κ1) is 13.0. The van der Waals surface area contributed by atoms with Crippen molar-refractivity contribution < 1.29 is 9.47 Å². The van der Waals surface area contributed by atoms with E-state index >= 15 is 0 Å². The maximum absolute atomic E-state index is 5.18. The largest absolute Gasteiger partial charge is 0.364 e. The molecule has 0 rings (SSSR count). The summed E-state index contributed by atoms with van der Waals surface area (Å²) in [7, 11) is 0. The molecule has 0 aromatic heterocycles. The molecule has 0 spiro atoms. The van der Waals surface area contributed by atoms with Gasteiger partial charge in [-0.1, -0.05) is 36.1 Å². The van der Waals surface area contributed by atoms with Gasteiger partial charge in [-0.05, 0) is 13.8 Å². The van der Waals surface area contributed by atoms with Crippen LogP contribution in [0, 0.1) is 11.8 Å². The van der Waals surface area contributed by atoms with Gasteiger partial charge < -0.3 is 9.47 Å². The van der Waals surface area contributed by atoms with Crippen LogP contribution in [0.25, 0.3) is 0 Å². The monoisotopic (exact) mass is 194 g/mol. The minimum atomic E-state index is 0.434. The SMILES string of the molecule is C=C(C)COCC#CCOCC(=C)C. The lowest BCUT2D eigenvalue weighted by molar-refractivity contribution is 0.186. The van der Waals surface area contributed by atoms with Gasteiger partial charge in [0.15, 0.2) is 0 Å². The second-order valence-corrected chi connectivity index (χ2v) is 3.25. The normalized spacial score (nSPS) is 9.00. The summed E-state index contributed by atoms with van der Waals surface area (Å²) < 4.78 is 10.4. The molecule has 0 aliphatic carbocycles. The highest BCUT2D eigenvalue weighted by Crippen LogP contribution is 1.87. The van der Waals surface area contributed by atoms with Crippen molar-refractivity contribution in [3.05, 3.63) is 24.3 Å². The van der Waals surface area contributed by atoms with Crippen molar-refractivity contribution in [1.82, 2.24) is 0 Å². The Balaban J connectivity index is 3.27. The third-order valence-electron chi connectivity index (χ3n) is 1.17. The molecule has 0 aliphatic heterocycles. The fraction of sp³-hybridized carbons (Fsp3) is 0.500. The van der Waals surface area contributed by atoms with Crippen molar-refractivity contribution in [1.29, 1.82) is 0 Å². The van der Waals surface area contributed by atoms with E-state index in [1.807, 2.05) is 13.8 Å². The van der Waals surface area contributed by atoms with Crippen molar-refractivity contribution in [2.24, 2.45) is 0 Å². The molecular formula is C12H18O2. The highest BCUT2D eigenvalue weighted by molar-refractivity contribution is 5.00. The van der Waals surface area contributed by atoms with Crippen LogP contribution in [-0.2, 0) is 9.47 Å². The van der Waals surface area contributed by atoms with Crippen LogP contribution in [0.1, 0.15) is 13.8 Å². The lowest BCUT2D eigenvalue weighted by Gasteiger charge is -1.97. The van der Waals surface area contributed by atoms with E-state index in [0.29, 0.717) is 26.4 Å². The minimum absolute atomic E-state index is 0.434. The third kappa shape index (κ3) is 11.0. The topological polar surface area (TPSA) is 18.5 Å². The van der Waals surface area contributed by atoms with Gasteiger partial charge in [0.2, 0.25) is 0 Å². The Morgan fingerprint density at radius 3 is 1.57 bits per heavy atom. The molecule has 14 heavy (non-hydrogen) atoms. The van der Waals surface area contributed by atoms with Crippen LogP contribution in [-0.4, -0.2) is 26.4 Å². The zero-order chi connectivity index (χ0) is 10.8. The Hall–Kier alpha value is -1.04. The van der Waals surface area contributed by atoms with Gasteiger partial charge in [0, 0.05) is 0 Å². The molecule has 0 saturated heterocycles. The summed E-state index contributed by atoms with van der Waals surface area (Å²) in [5, 5.41) is 0. The highest BCUT2D eigenvalue weighted by Gasteiger charge is 1.84. The molecule has 0 saturated carbocycles. The molecule has 0 atom stereocenters. The first-order chi connectivity index (χ1) is 6.63. The van der Waals surface area contributed by atoms with Gasteiger partial charge >= 0.3 is 0 Å². The molecule has 0 aromatic carbocycles. The van der Waals surface area contributed by atoms with Crippen LogP contribution < -0.4 is 0 Å². The van der Waals surface area contributed by atoms with Gasteiger partial charge in [-0.3, -0.25) is 0 Å². The molecule has 0 unspecified atom stereocenters. The predicted molar refractivity (Wildman–Crippen MR) is 59.0 cm³/mol. The Bertz CT molecular complexity index is 219. The molecule has 0 aromatic rings. The van der Waals surface area contributed by atoms with E-state index in [-0.39, 0.29) is 0 Å². The maximum Gasteiger partial charge on any atom is 0.108 e. The fourth-order valence-corrected chi connectivity index (χ4v) is 0.655. The molecule has 0 fully saturated rings. The molecule has 2 heteroatoms. The van der Waals surface area contributed by atoms with Crippen molar-refractivity contribution >= 4 is 0 Å². The van der Waals surface area contributed by atoms with Gasteiger partial charge in [0.25, 0.3) is 0 Å². The fourth-order valence-electron chi connectivity index (χ4n) is 0.655. The lowest BCUT2D eigenvalue weighted by atomic mass is 10.4. The second kappa shape index (κ2) is 8.55. The van der Waals surface area contributed by atoms with E-state index in [9.17, 15) is 0 Å². The average molecular weight is 194 g/mol. The molecule has 0 bridgehead atoms. The zero-order valence-corrected chi connectivity index (χ0v) is 9.06. The zero-order valence-electron chi connectivity index (χ0n) is 9.06. The summed E-state index contributed by atoms with van der Waals surface area (Å²) in [6.07, 6.45) is 0. The maximum atomic E-state index is 5.18. The smallest absolute Gasteiger partial charge is 0.108 e. The van der Waals surface area contributed by atoms with Crippen molar-refractivity contribution in [2.45, 2.75) is 13.8 Å². The quantitative estimate of drug-likeness (QED) is 0.366. The summed E-state index contributed by atoms with van der Waals surface area (Å²) in [4.78, 5) is 0. The van der Waals surface area contributed by atoms with E-state index in [1.165, 1.54) is 0 Å². The standard InChI is InChI=1S/C12H18O2/c1-11(2)9-13-7-5-6-8-14-10-12(3)4/h1,3,7-10H2,2,4H3. The van der Waals surface area contributed by atoms with E-state index in [1.54, 1.807) is 0 Å². The number of hydrogen-bond donors (Lipinski definition) is 0. The summed E-state index contributed by atoms with van der Waals surface area (Å²) in [5.41, 5.74) is 2.01. The molecule has 2 nitrogen and oxygen atoms in total. The molecule has 0 aliphatic rings. The van der Waals surface area contributed by atoms with E-state index in [0.717, 1.165) is 11.1 Å². The van der Waals surface area contributed by atoms with Crippen LogP contribution in [0.15, 0.2) is 24.3 Å². The van der Waals surface area contributed by atoms with Crippen LogP contribution in [0.3, 0.4) is 0 Å². The van der Waals surface area contributed by atoms with Gasteiger partial charge in [0.05, 0.1) is 13.2 Å². The number of hydrogen-bond acceptors (Lipinski definition) is 2. The van der Waals surface area contributed by atoms with Gasteiger partial charge in [-0.2, -0.15) is 0 Å². The lowest BCUT2D eigenvalue weighted by Crippen LogP contribution is -1.97. The Morgan fingerprint density at radius 2 is 1.29 bits per heavy atom. The summed E-state index contributed by atoms with van der Waals surface area (Å²) >= 11 is 0. The average Bonchev–Trinajstić information content (AvgIpc) is 2.08. The summed E-state index contributed by atoms with van der Waals surface area (Å²) in [5.74, 6) is 5.69. The Morgan fingerprint density at radius 1 is 0.929 bits per heavy atom. The summed E-state index contributed by atoms with van der Waals surface area (Å²) in [6.45, 7) is 13.3. The van der Waals surface area contributed by atoms with Gasteiger partial charge in [-0.25, -0.2) is 0 Å². The van der Waals surface area contributed by atoms with E-state index in [2.05, 4.69) is 25.0 Å². The Labute approximate surface area is 86.6 Å². The third-order valence-corrected chi connectivity index (χ3v) is 1.17. The second-order valence-electron chi connectivity index (χ2n) is 3.25. The van der Waals surface area contributed by atoms with E-state index in [4.69, 9.17) is 9.47 Å². The first-order valence-electron chi connectivity index (χ1n) is 4.53. The van der Waals surface area contributed by atoms with Crippen LogP contribution in [0.5, 0.6) is 0 Å². The van der Waals surface area contributed by atoms with Crippen LogP contribution in [0.4, 0.5) is 0 Å². The highest BCUT2D eigenvalue weighted by atomic mass is 16.5. The Kier molecular flexibility index (Phi) is 7.92. The van der Waals surface area contributed by atoms with E-state index < -0.39 is 0 Å². The molecule has 0 radical (unpaired) electrons. The molecule has 78 valence electrons. The molecular weight excluding hydrogens is 176 g/mol. The van der Waals surface area contributed by atoms with Crippen molar-refractivity contribution in [3.63, 3.8) is 0 Å². The number of ether oxygens (including phenoxy) is 2. The molecule has 0 heterocycles. The summed E-state index contributed by atoms with van der Waals surface area (Å²) in [6, 6.07) is 0. The van der Waals surface area contributed by atoms with Gasteiger partial charge in [-0.15, -0.1) is 0 Å². The van der Waals surface area contributed by atoms with Gasteiger partial charge in [0.1, 0.15) is 13.2 Å². The predicted octanol–water partition coefficient (Wildman–Crippen LogP) is 2.18. The molecule has 0 amide bonds. The van der Waals surface area contributed by atoms with Crippen LogP contribution >= 0.6 is 0 Å².